The molecule has 3 N–H and O–H groups in total. The number of aromatic nitrogens is 4. The predicted octanol–water partition coefficient (Wildman–Crippen LogP) is 2.78. The summed E-state index contributed by atoms with van der Waals surface area (Å²) in [4.78, 5) is 20.1. The van der Waals surface area contributed by atoms with E-state index in [-0.39, 0.29) is 17.2 Å². The van der Waals surface area contributed by atoms with Gasteiger partial charge < -0.3 is 10.3 Å². The van der Waals surface area contributed by atoms with Crippen LogP contribution >= 0.6 is 0 Å². The summed E-state index contributed by atoms with van der Waals surface area (Å²) in [5.41, 5.74) is 4.05. The van der Waals surface area contributed by atoms with Gasteiger partial charge in [0.2, 0.25) is 5.91 Å². The maximum Gasteiger partial charge on any atom is 0.226 e. The average Bonchev–Trinajstić information content (AvgIpc) is 3.00. The molecule has 0 aromatic carbocycles. The molecule has 1 amide bonds. The molecule has 0 saturated heterocycles. The van der Waals surface area contributed by atoms with E-state index in [9.17, 15) is 4.79 Å². The van der Waals surface area contributed by atoms with Gasteiger partial charge in [0.25, 0.3) is 0 Å². The Hall–Kier alpha value is -2.11. The van der Waals surface area contributed by atoms with Gasteiger partial charge in [0, 0.05) is 41.1 Å². The van der Waals surface area contributed by atoms with Gasteiger partial charge in [-0.05, 0) is 6.92 Å². The maximum absolute atomic E-state index is 12.1. The summed E-state index contributed by atoms with van der Waals surface area (Å²) >= 11 is 0. The first kappa shape index (κ1) is 14.8. The minimum absolute atomic E-state index is 0.00934. The Morgan fingerprint density at radius 3 is 2.64 bits per heavy atom. The van der Waals surface area contributed by atoms with Crippen LogP contribution in [0.2, 0.25) is 0 Å². The first-order valence-electron chi connectivity index (χ1n) is 7.75. The van der Waals surface area contributed by atoms with E-state index >= 15 is 0 Å². The fourth-order valence-electron chi connectivity index (χ4n) is 3.11. The van der Waals surface area contributed by atoms with Crippen LogP contribution in [0.3, 0.4) is 0 Å². The van der Waals surface area contributed by atoms with E-state index in [1.165, 1.54) is 0 Å². The largest absolute Gasteiger partial charge is 0.346 e. The monoisotopic (exact) mass is 301 g/mol. The summed E-state index contributed by atoms with van der Waals surface area (Å²) in [6.45, 7) is 10.5. The van der Waals surface area contributed by atoms with E-state index in [1.807, 2.05) is 6.92 Å². The summed E-state index contributed by atoms with van der Waals surface area (Å²) in [7, 11) is 0. The van der Waals surface area contributed by atoms with Gasteiger partial charge in [-0.15, -0.1) is 0 Å². The number of fused-ring (bicyclic) bond motifs is 1. The van der Waals surface area contributed by atoms with Gasteiger partial charge >= 0.3 is 0 Å². The lowest BCUT2D eigenvalue weighted by Crippen LogP contribution is -2.26. The first-order valence-corrected chi connectivity index (χ1v) is 7.75. The smallest absolute Gasteiger partial charge is 0.226 e. The molecule has 118 valence electrons. The van der Waals surface area contributed by atoms with Crippen LogP contribution in [0.25, 0.3) is 0 Å². The number of nitrogens with zero attached hydrogens (tertiary/aromatic N) is 2. The molecular weight excluding hydrogens is 278 g/mol. The van der Waals surface area contributed by atoms with Gasteiger partial charge in [-0.3, -0.25) is 9.89 Å². The minimum atomic E-state index is -0.0707. The highest BCUT2D eigenvalue weighted by Gasteiger charge is 2.36. The van der Waals surface area contributed by atoms with Crippen molar-refractivity contribution in [2.24, 2.45) is 0 Å². The third kappa shape index (κ3) is 2.32. The van der Waals surface area contributed by atoms with Gasteiger partial charge in [0.1, 0.15) is 5.82 Å². The molecule has 0 fully saturated rings. The van der Waals surface area contributed by atoms with Crippen LogP contribution in [0.15, 0.2) is 0 Å². The fourth-order valence-corrected chi connectivity index (χ4v) is 3.11. The lowest BCUT2D eigenvalue weighted by Gasteiger charge is -2.26. The number of carbonyl (C=O) groups excluding carboxylic acids is 1. The van der Waals surface area contributed by atoms with Crippen molar-refractivity contribution in [1.82, 2.24) is 20.2 Å². The van der Waals surface area contributed by atoms with Gasteiger partial charge in [-0.1, -0.05) is 27.7 Å². The highest BCUT2D eigenvalue weighted by atomic mass is 16.1. The molecule has 1 aliphatic rings. The highest BCUT2D eigenvalue weighted by Crippen LogP contribution is 2.41. The lowest BCUT2D eigenvalue weighted by atomic mass is 9.81. The quantitative estimate of drug-likeness (QED) is 0.797. The van der Waals surface area contributed by atoms with Crippen molar-refractivity contribution in [2.45, 2.75) is 58.8 Å². The van der Waals surface area contributed by atoms with Crippen LogP contribution in [0.5, 0.6) is 0 Å². The molecule has 1 unspecified atom stereocenters. The van der Waals surface area contributed by atoms with E-state index in [0.29, 0.717) is 12.2 Å². The molecule has 0 bridgehead atoms. The summed E-state index contributed by atoms with van der Waals surface area (Å²) in [6.07, 6.45) is 1.26. The minimum Gasteiger partial charge on any atom is -0.346 e. The number of carbonyl (C=O) groups is 1. The molecule has 6 nitrogen and oxygen atoms in total. The van der Waals surface area contributed by atoms with Crippen molar-refractivity contribution in [2.75, 3.05) is 5.32 Å². The van der Waals surface area contributed by atoms with Gasteiger partial charge in [-0.25, -0.2) is 4.98 Å². The Morgan fingerprint density at radius 1 is 1.32 bits per heavy atom. The molecule has 0 aliphatic carbocycles. The molecule has 0 radical (unpaired) electrons. The third-order valence-corrected chi connectivity index (χ3v) is 4.19. The molecular formula is C16H23N5O. The number of aryl methyl sites for hydroxylation is 2. The second-order valence-electron chi connectivity index (χ2n) is 6.96. The number of amides is 1. The zero-order valence-electron chi connectivity index (χ0n) is 13.8. The summed E-state index contributed by atoms with van der Waals surface area (Å²) < 4.78 is 0. The van der Waals surface area contributed by atoms with Crippen molar-refractivity contribution < 1.29 is 4.79 Å². The van der Waals surface area contributed by atoms with Crippen LogP contribution in [0, 0.1) is 6.92 Å². The van der Waals surface area contributed by atoms with Crippen molar-refractivity contribution in [3.63, 3.8) is 0 Å². The summed E-state index contributed by atoms with van der Waals surface area (Å²) in [5, 5.41) is 10.3. The number of rotatable bonds is 2. The highest BCUT2D eigenvalue weighted by molar-refractivity contribution is 5.94. The molecule has 1 aliphatic heterocycles. The number of hydrogen-bond donors (Lipinski definition) is 3. The molecule has 22 heavy (non-hydrogen) atoms. The Bertz CT molecular complexity index is 719. The SMILES string of the molecule is CCc1nc(C2CC(=O)Nc3n[nH]c(C(C)(C)C)c32)c(C)[nH]1. The number of H-pyrrole nitrogens is 2. The third-order valence-electron chi connectivity index (χ3n) is 4.19. The lowest BCUT2D eigenvalue weighted by molar-refractivity contribution is -0.116. The number of imidazole rings is 1. The van der Waals surface area contributed by atoms with Crippen LogP contribution < -0.4 is 5.32 Å². The Morgan fingerprint density at radius 2 is 2.05 bits per heavy atom. The molecule has 0 spiro atoms. The number of anilines is 1. The normalized spacial score (nSPS) is 18.2. The molecule has 2 aromatic rings. The number of nitrogens with one attached hydrogen (secondary N) is 3. The second kappa shape index (κ2) is 4.97. The zero-order valence-corrected chi connectivity index (χ0v) is 13.8. The molecule has 3 heterocycles. The van der Waals surface area contributed by atoms with E-state index in [1.54, 1.807) is 0 Å². The van der Waals surface area contributed by atoms with E-state index in [2.05, 4.69) is 48.2 Å². The number of hydrogen-bond acceptors (Lipinski definition) is 3. The van der Waals surface area contributed by atoms with Crippen LogP contribution in [0.4, 0.5) is 5.82 Å². The van der Waals surface area contributed by atoms with Gasteiger partial charge in [-0.2, -0.15) is 5.10 Å². The number of aromatic amines is 2. The summed E-state index contributed by atoms with van der Waals surface area (Å²) in [5.74, 6) is 1.55. The maximum atomic E-state index is 12.1. The van der Waals surface area contributed by atoms with E-state index < -0.39 is 0 Å². The zero-order chi connectivity index (χ0) is 16.1. The van der Waals surface area contributed by atoms with Crippen molar-refractivity contribution in [3.8, 4) is 0 Å². The topological polar surface area (TPSA) is 86.5 Å². The second-order valence-corrected chi connectivity index (χ2v) is 6.96. The van der Waals surface area contributed by atoms with Gasteiger partial charge in [0.15, 0.2) is 5.82 Å². The van der Waals surface area contributed by atoms with Gasteiger partial charge in [0.05, 0.1) is 5.69 Å². The van der Waals surface area contributed by atoms with Crippen molar-refractivity contribution >= 4 is 11.7 Å². The molecule has 0 saturated carbocycles. The average molecular weight is 301 g/mol. The fraction of sp³-hybridized carbons (Fsp3) is 0.562. The van der Waals surface area contributed by atoms with E-state index in [4.69, 9.17) is 4.98 Å². The Balaban J connectivity index is 2.16. The standard InChI is InChI=1S/C16H23N5O/c1-6-10-17-8(2)13(18-10)9-7-11(22)19-15-12(9)14(20-21-15)16(3,4)5/h9H,6-7H2,1-5H3,(H,17,18)(H2,19,20,21,22). The van der Waals surface area contributed by atoms with Crippen molar-refractivity contribution in [3.05, 3.63) is 28.5 Å². The molecule has 2 aromatic heterocycles. The predicted molar refractivity (Wildman–Crippen MR) is 85.1 cm³/mol. The van der Waals surface area contributed by atoms with Crippen LogP contribution in [0.1, 0.15) is 68.5 Å². The van der Waals surface area contributed by atoms with Crippen LogP contribution in [-0.2, 0) is 16.6 Å². The van der Waals surface area contributed by atoms with Crippen molar-refractivity contribution in [1.29, 1.82) is 0 Å². The summed E-state index contributed by atoms with van der Waals surface area (Å²) in [6, 6.07) is 0. The van der Waals surface area contributed by atoms with E-state index in [0.717, 1.165) is 34.9 Å². The Labute approximate surface area is 130 Å². The molecule has 3 rings (SSSR count). The Kier molecular flexibility index (Phi) is 3.34. The molecule has 1 atom stereocenters. The van der Waals surface area contributed by atoms with Crippen LogP contribution in [-0.4, -0.2) is 26.1 Å². The molecule has 6 heteroatoms. The first-order chi connectivity index (χ1) is 10.3.